The minimum Gasteiger partial charge on any atom is -0.274 e. The van der Waals surface area contributed by atoms with Crippen LogP contribution in [0.2, 0.25) is 0 Å². The van der Waals surface area contributed by atoms with Gasteiger partial charge in [0, 0.05) is 10.9 Å². The molecule has 52 heavy (non-hydrogen) atoms. The Morgan fingerprint density at radius 1 is 0.519 bits per heavy atom. The molecule has 2 heterocycles. The molecule has 0 N–H and O–H groups in total. The maximum Gasteiger partial charge on any atom is 0.0992 e. The molecular formula is C48H30N4. The van der Waals surface area contributed by atoms with Crippen LogP contribution in [0.3, 0.4) is 0 Å². The van der Waals surface area contributed by atoms with E-state index in [0.29, 0.717) is 11.1 Å². The van der Waals surface area contributed by atoms with E-state index >= 15 is 0 Å². The second-order valence-electron chi connectivity index (χ2n) is 13.2. The maximum absolute atomic E-state index is 9.94. The van der Waals surface area contributed by atoms with E-state index in [0.717, 1.165) is 83.3 Å². The average molecular weight is 663 g/mol. The molecule has 0 radical (unpaired) electrons. The molecular weight excluding hydrogens is 633 g/mol. The Balaban J connectivity index is 1.08. The standard InChI is InChI=1S/C48H30N4/c49-29-31-7-6-10-38(25-31)39-26-32(30-50)27-40(28-39)42-22-21-41(43-11-4-5-12-44(42)43)33-13-15-35(16-14-33)46-24-20-37-18-17-36-19-23-45(34-8-2-1-3-9-34)51-47(36)48(37)52-46/h1-23,25-28,46H,24H2. The van der Waals surface area contributed by atoms with Gasteiger partial charge in [0.25, 0.3) is 0 Å². The van der Waals surface area contributed by atoms with E-state index < -0.39 is 0 Å². The Morgan fingerprint density at radius 3 is 1.96 bits per heavy atom. The van der Waals surface area contributed by atoms with E-state index in [9.17, 15) is 10.5 Å². The zero-order valence-corrected chi connectivity index (χ0v) is 28.2. The SMILES string of the molecule is N#Cc1cccc(-c2cc(C#N)cc(-c3ccc(-c4ccc(C5CC=c6ccc7ccc(-c8ccccc8)nc7c6=N5)cc4)c4ccccc34)c2)c1. The van der Waals surface area contributed by atoms with Crippen molar-refractivity contribution < 1.29 is 0 Å². The quantitative estimate of drug-likeness (QED) is 0.184. The summed E-state index contributed by atoms with van der Waals surface area (Å²) in [6, 6.07) is 58.4. The zero-order valence-electron chi connectivity index (χ0n) is 28.2. The van der Waals surface area contributed by atoms with E-state index in [2.05, 4.69) is 121 Å². The van der Waals surface area contributed by atoms with Gasteiger partial charge in [-0.3, -0.25) is 4.99 Å². The van der Waals surface area contributed by atoms with Crippen molar-refractivity contribution in [1.29, 1.82) is 10.5 Å². The van der Waals surface area contributed by atoms with Crippen molar-refractivity contribution in [2.45, 2.75) is 12.5 Å². The first-order valence-corrected chi connectivity index (χ1v) is 17.4. The molecule has 242 valence electrons. The van der Waals surface area contributed by atoms with Crippen LogP contribution in [0.1, 0.15) is 29.2 Å². The summed E-state index contributed by atoms with van der Waals surface area (Å²) in [5.74, 6) is 0. The molecule has 1 unspecified atom stereocenters. The van der Waals surface area contributed by atoms with Crippen LogP contribution in [0.5, 0.6) is 0 Å². The predicted octanol–water partition coefficient (Wildman–Crippen LogP) is 10.3. The summed E-state index contributed by atoms with van der Waals surface area (Å²) in [6.07, 6.45) is 3.12. The number of nitriles is 2. The van der Waals surface area contributed by atoms with Crippen LogP contribution < -0.4 is 10.6 Å². The van der Waals surface area contributed by atoms with Gasteiger partial charge in [-0.2, -0.15) is 10.5 Å². The van der Waals surface area contributed by atoms with Gasteiger partial charge in [-0.1, -0.05) is 127 Å². The monoisotopic (exact) mass is 662 g/mol. The third-order valence-electron chi connectivity index (χ3n) is 10.0. The average Bonchev–Trinajstić information content (AvgIpc) is 3.23. The predicted molar refractivity (Wildman–Crippen MR) is 209 cm³/mol. The highest BCUT2D eigenvalue weighted by Crippen LogP contribution is 2.38. The Kier molecular flexibility index (Phi) is 7.69. The second kappa shape index (κ2) is 13.0. The summed E-state index contributed by atoms with van der Waals surface area (Å²) in [6.45, 7) is 0. The molecule has 0 saturated carbocycles. The van der Waals surface area contributed by atoms with Crippen LogP contribution in [0, 0.1) is 22.7 Å². The summed E-state index contributed by atoms with van der Waals surface area (Å²) in [7, 11) is 0. The van der Waals surface area contributed by atoms with Crippen molar-refractivity contribution in [2.24, 2.45) is 4.99 Å². The van der Waals surface area contributed by atoms with Crippen LogP contribution in [0.25, 0.3) is 72.4 Å². The van der Waals surface area contributed by atoms with Gasteiger partial charge in [-0.05, 0) is 97.8 Å². The number of fused-ring (bicyclic) bond motifs is 4. The first kappa shape index (κ1) is 30.9. The van der Waals surface area contributed by atoms with E-state index in [1.165, 1.54) is 5.56 Å². The molecule has 1 aliphatic rings. The highest BCUT2D eigenvalue weighted by Gasteiger charge is 2.16. The molecule has 4 heteroatoms. The number of benzene rings is 7. The largest absolute Gasteiger partial charge is 0.274 e. The molecule has 1 aliphatic heterocycles. The van der Waals surface area contributed by atoms with Gasteiger partial charge in [0.15, 0.2) is 0 Å². The minimum atomic E-state index is 0.00362. The van der Waals surface area contributed by atoms with E-state index in [1.807, 2.05) is 48.5 Å². The molecule has 0 spiro atoms. The van der Waals surface area contributed by atoms with Crippen LogP contribution in [-0.4, -0.2) is 4.98 Å². The van der Waals surface area contributed by atoms with Gasteiger partial charge in [-0.15, -0.1) is 0 Å². The molecule has 0 amide bonds. The number of pyridine rings is 1. The van der Waals surface area contributed by atoms with Gasteiger partial charge in [0.2, 0.25) is 0 Å². The van der Waals surface area contributed by atoms with Gasteiger partial charge in [0.05, 0.1) is 45.9 Å². The number of aromatic nitrogens is 1. The highest BCUT2D eigenvalue weighted by atomic mass is 14.8. The first-order chi connectivity index (χ1) is 25.6. The van der Waals surface area contributed by atoms with E-state index in [1.54, 1.807) is 6.07 Å². The normalized spacial score (nSPS) is 13.4. The smallest absolute Gasteiger partial charge is 0.0992 e. The van der Waals surface area contributed by atoms with Crippen molar-refractivity contribution in [3.8, 4) is 56.8 Å². The molecule has 0 aliphatic carbocycles. The van der Waals surface area contributed by atoms with E-state index in [4.69, 9.17) is 9.98 Å². The van der Waals surface area contributed by atoms with E-state index in [-0.39, 0.29) is 6.04 Å². The second-order valence-corrected chi connectivity index (χ2v) is 13.2. The van der Waals surface area contributed by atoms with Crippen LogP contribution in [0.4, 0.5) is 0 Å². The molecule has 9 rings (SSSR count). The number of nitrogens with zero attached hydrogens (tertiary/aromatic N) is 4. The Hall–Kier alpha value is -7.14. The van der Waals surface area contributed by atoms with Crippen LogP contribution >= 0.6 is 0 Å². The van der Waals surface area contributed by atoms with Crippen molar-refractivity contribution in [3.63, 3.8) is 0 Å². The zero-order chi connectivity index (χ0) is 35.0. The minimum absolute atomic E-state index is 0.00362. The summed E-state index contributed by atoms with van der Waals surface area (Å²) >= 11 is 0. The van der Waals surface area contributed by atoms with Gasteiger partial charge >= 0.3 is 0 Å². The number of rotatable bonds is 5. The lowest BCUT2D eigenvalue weighted by molar-refractivity contribution is 0.725. The lowest BCUT2D eigenvalue weighted by Gasteiger charge is -2.17. The molecule has 0 saturated heterocycles. The third kappa shape index (κ3) is 5.59. The Bertz CT molecular complexity index is 2900. The molecule has 0 bridgehead atoms. The van der Waals surface area contributed by atoms with Crippen LogP contribution in [-0.2, 0) is 0 Å². The number of hydrogen-bond acceptors (Lipinski definition) is 4. The first-order valence-electron chi connectivity index (χ1n) is 17.4. The fourth-order valence-electron chi connectivity index (χ4n) is 7.39. The van der Waals surface area contributed by atoms with Crippen molar-refractivity contribution in [2.75, 3.05) is 0 Å². The van der Waals surface area contributed by atoms with Gasteiger partial charge in [0.1, 0.15) is 0 Å². The molecule has 8 aromatic rings. The Labute approximate surface area is 301 Å². The van der Waals surface area contributed by atoms with Crippen molar-refractivity contribution >= 4 is 27.8 Å². The molecule has 4 nitrogen and oxygen atoms in total. The highest BCUT2D eigenvalue weighted by molar-refractivity contribution is 6.05. The molecule has 0 fully saturated rings. The third-order valence-corrected chi connectivity index (χ3v) is 10.0. The fraction of sp³-hybridized carbons (Fsp3) is 0.0417. The Morgan fingerprint density at radius 2 is 1.19 bits per heavy atom. The molecule has 1 atom stereocenters. The summed E-state index contributed by atoms with van der Waals surface area (Å²) in [5.41, 5.74) is 11.4. The topological polar surface area (TPSA) is 72.8 Å². The lowest BCUT2D eigenvalue weighted by Crippen LogP contribution is -2.30. The summed E-state index contributed by atoms with van der Waals surface area (Å²) in [5, 5.41) is 24.8. The summed E-state index contributed by atoms with van der Waals surface area (Å²) in [4.78, 5) is 10.4. The van der Waals surface area contributed by atoms with Gasteiger partial charge in [-0.25, -0.2) is 4.98 Å². The lowest BCUT2D eigenvalue weighted by atomic mass is 9.89. The maximum atomic E-state index is 9.94. The molecule has 1 aromatic heterocycles. The molecule has 7 aromatic carbocycles. The van der Waals surface area contributed by atoms with Crippen LogP contribution in [0.15, 0.2) is 163 Å². The number of hydrogen-bond donors (Lipinski definition) is 0. The van der Waals surface area contributed by atoms with Crippen molar-refractivity contribution in [3.05, 3.63) is 185 Å². The summed E-state index contributed by atoms with van der Waals surface area (Å²) < 4.78 is 0. The van der Waals surface area contributed by atoms with Crippen molar-refractivity contribution in [1.82, 2.24) is 4.98 Å². The van der Waals surface area contributed by atoms with Gasteiger partial charge < -0.3 is 0 Å². The fourth-order valence-corrected chi connectivity index (χ4v) is 7.39.